The first-order valence-corrected chi connectivity index (χ1v) is 8.58. The number of esters is 1. The molecule has 2 aromatic heterocycles. The molecule has 0 bridgehead atoms. The van der Waals surface area contributed by atoms with Crippen LogP contribution in [0.1, 0.15) is 43.6 Å². The zero-order valence-corrected chi connectivity index (χ0v) is 15.8. The largest absolute Gasteiger partial charge is 0.465 e. The lowest BCUT2D eigenvalue weighted by Gasteiger charge is -2.07. The highest BCUT2D eigenvalue weighted by Gasteiger charge is 2.08. The van der Waals surface area contributed by atoms with E-state index in [0.717, 1.165) is 27.6 Å². The quantitative estimate of drug-likeness (QED) is 0.583. The molecule has 25 heavy (non-hydrogen) atoms. The molecule has 4 nitrogen and oxygen atoms in total. The topological polar surface area (TPSA) is 52.1 Å². The number of nitrogens with zero attached hydrogens (tertiary/aromatic N) is 2. The molecule has 4 heteroatoms. The van der Waals surface area contributed by atoms with Gasteiger partial charge in [-0.2, -0.15) is 0 Å². The smallest absolute Gasteiger partial charge is 0.337 e. The first-order valence-electron chi connectivity index (χ1n) is 8.58. The Bertz CT molecular complexity index is 812. The number of hydrogen-bond donors (Lipinski definition) is 0. The number of aromatic nitrogens is 2. The maximum absolute atomic E-state index is 11.5. The standard InChI is InChI=1S/C17H14N2O2.2C2H6/c1-11-7-14-15(9-18-10-16(14)19-8-11)12-3-5-13(6-4-12)17(20)21-2;2*1-2/h3-10H,1-2H3;2*1-2H3. The van der Waals surface area contributed by atoms with Crippen molar-refractivity contribution in [3.05, 3.63) is 60.0 Å². The van der Waals surface area contributed by atoms with Crippen LogP contribution >= 0.6 is 0 Å². The van der Waals surface area contributed by atoms with Crippen LogP contribution in [0.15, 0.2) is 48.9 Å². The number of methoxy groups -OCH3 is 1. The SMILES string of the molecule is CC.CC.COC(=O)c1ccc(-c2cncc3ncc(C)cc23)cc1. The number of fused-ring (bicyclic) bond motifs is 1. The van der Waals surface area contributed by atoms with Crippen LogP contribution in [0.4, 0.5) is 0 Å². The lowest BCUT2D eigenvalue weighted by molar-refractivity contribution is 0.0601. The average molecular weight is 338 g/mol. The van der Waals surface area contributed by atoms with E-state index in [2.05, 4.69) is 16.0 Å². The molecule has 0 aliphatic carbocycles. The molecule has 0 spiro atoms. The van der Waals surface area contributed by atoms with Gasteiger partial charge in [-0.1, -0.05) is 39.8 Å². The van der Waals surface area contributed by atoms with Crippen LogP contribution in [0.3, 0.4) is 0 Å². The van der Waals surface area contributed by atoms with Crippen molar-refractivity contribution in [2.24, 2.45) is 0 Å². The molecule has 0 amide bonds. The molecule has 3 rings (SSSR count). The summed E-state index contributed by atoms with van der Waals surface area (Å²) in [5.74, 6) is -0.338. The number of rotatable bonds is 2. The Labute approximate surface area is 149 Å². The minimum Gasteiger partial charge on any atom is -0.465 e. The average Bonchev–Trinajstić information content (AvgIpc) is 2.70. The Morgan fingerprint density at radius 1 is 0.960 bits per heavy atom. The van der Waals surface area contributed by atoms with Crippen LogP contribution in [0.25, 0.3) is 22.0 Å². The summed E-state index contributed by atoms with van der Waals surface area (Å²) in [7, 11) is 1.37. The zero-order chi connectivity index (χ0) is 18.8. The lowest BCUT2D eigenvalue weighted by Crippen LogP contribution is -2.00. The maximum atomic E-state index is 11.5. The van der Waals surface area contributed by atoms with Crippen molar-refractivity contribution in [2.75, 3.05) is 7.11 Å². The second-order valence-electron chi connectivity index (χ2n) is 4.84. The molecule has 0 atom stereocenters. The Hall–Kier alpha value is -2.75. The van der Waals surface area contributed by atoms with Gasteiger partial charge in [-0.15, -0.1) is 0 Å². The summed E-state index contributed by atoms with van der Waals surface area (Å²) in [5, 5.41) is 1.05. The van der Waals surface area contributed by atoms with Crippen LogP contribution < -0.4 is 0 Å². The fraction of sp³-hybridized carbons (Fsp3) is 0.286. The number of carbonyl (C=O) groups excluding carboxylic acids is 1. The van der Waals surface area contributed by atoms with Crippen molar-refractivity contribution < 1.29 is 9.53 Å². The van der Waals surface area contributed by atoms with Gasteiger partial charge in [0.1, 0.15) is 0 Å². The Balaban J connectivity index is 0.000000730. The van der Waals surface area contributed by atoms with Crippen molar-refractivity contribution in [1.82, 2.24) is 9.97 Å². The summed E-state index contributed by atoms with van der Waals surface area (Å²) in [4.78, 5) is 20.1. The number of ether oxygens (including phenoxy) is 1. The summed E-state index contributed by atoms with van der Waals surface area (Å²) in [5.41, 5.74) is 4.48. The number of benzene rings is 1. The van der Waals surface area contributed by atoms with Crippen LogP contribution in [0.5, 0.6) is 0 Å². The van der Waals surface area contributed by atoms with E-state index in [-0.39, 0.29) is 5.97 Å². The highest BCUT2D eigenvalue weighted by atomic mass is 16.5. The third-order valence-corrected chi connectivity index (χ3v) is 3.36. The highest BCUT2D eigenvalue weighted by molar-refractivity contribution is 5.95. The molecule has 0 aliphatic rings. The summed E-state index contributed by atoms with van der Waals surface area (Å²) in [6.45, 7) is 10.0. The normalized spacial score (nSPS) is 9.36. The lowest BCUT2D eigenvalue weighted by atomic mass is 10.0. The second kappa shape index (κ2) is 10.2. The molecular weight excluding hydrogens is 312 g/mol. The molecule has 0 aliphatic heterocycles. The van der Waals surface area contributed by atoms with E-state index in [4.69, 9.17) is 4.74 Å². The van der Waals surface area contributed by atoms with Gasteiger partial charge in [0.05, 0.1) is 24.4 Å². The minimum absolute atomic E-state index is 0.338. The van der Waals surface area contributed by atoms with Gasteiger partial charge >= 0.3 is 5.97 Å². The fourth-order valence-electron chi connectivity index (χ4n) is 2.28. The summed E-state index contributed by atoms with van der Waals surface area (Å²) in [6.07, 6.45) is 5.39. The number of hydrogen-bond acceptors (Lipinski definition) is 4. The van der Waals surface area contributed by atoms with Crippen LogP contribution in [-0.4, -0.2) is 23.0 Å². The molecule has 0 radical (unpaired) electrons. The van der Waals surface area contributed by atoms with Gasteiger partial charge in [-0.3, -0.25) is 9.97 Å². The van der Waals surface area contributed by atoms with E-state index >= 15 is 0 Å². The fourth-order valence-corrected chi connectivity index (χ4v) is 2.28. The molecule has 3 aromatic rings. The van der Waals surface area contributed by atoms with Gasteiger partial charge in [-0.25, -0.2) is 4.79 Å². The van der Waals surface area contributed by atoms with E-state index in [1.807, 2.05) is 59.1 Å². The highest BCUT2D eigenvalue weighted by Crippen LogP contribution is 2.27. The molecule has 132 valence electrons. The Morgan fingerprint density at radius 2 is 1.60 bits per heavy atom. The summed E-state index contributed by atoms with van der Waals surface area (Å²) in [6, 6.07) is 9.39. The molecular formula is C21H26N2O2. The second-order valence-corrected chi connectivity index (χ2v) is 4.84. The van der Waals surface area contributed by atoms with Crippen LogP contribution in [0, 0.1) is 6.92 Å². The molecule has 0 N–H and O–H groups in total. The predicted molar refractivity (Wildman–Crippen MR) is 104 cm³/mol. The summed E-state index contributed by atoms with van der Waals surface area (Å²) >= 11 is 0. The summed E-state index contributed by atoms with van der Waals surface area (Å²) < 4.78 is 4.71. The van der Waals surface area contributed by atoms with E-state index in [1.165, 1.54) is 7.11 Å². The van der Waals surface area contributed by atoms with Gasteiger partial charge < -0.3 is 4.74 Å². The van der Waals surface area contributed by atoms with Crippen molar-refractivity contribution >= 4 is 16.9 Å². The van der Waals surface area contributed by atoms with E-state index in [0.29, 0.717) is 5.56 Å². The molecule has 0 unspecified atom stereocenters. The van der Waals surface area contributed by atoms with Crippen molar-refractivity contribution in [2.45, 2.75) is 34.6 Å². The van der Waals surface area contributed by atoms with Gasteiger partial charge in [0.15, 0.2) is 0 Å². The molecule has 0 fully saturated rings. The van der Waals surface area contributed by atoms with E-state index < -0.39 is 0 Å². The monoisotopic (exact) mass is 338 g/mol. The van der Waals surface area contributed by atoms with Crippen molar-refractivity contribution in [3.63, 3.8) is 0 Å². The van der Waals surface area contributed by atoms with Crippen LogP contribution in [-0.2, 0) is 4.74 Å². The Morgan fingerprint density at radius 3 is 2.20 bits per heavy atom. The van der Waals surface area contributed by atoms with Crippen LogP contribution in [0.2, 0.25) is 0 Å². The molecule has 0 saturated heterocycles. The van der Waals surface area contributed by atoms with E-state index in [1.54, 1.807) is 18.3 Å². The van der Waals surface area contributed by atoms with Gasteiger partial charge in [0.2, 0.25) is 0 Å². The zero-order valence-electron chi connectivity index (χ0n) is 15.8. The van der Waals surface area contributed by atoms with E-state index in [9.17, 15) is 4.79 Å². The number of aryl methyl sites for hydroxylation is 1. The molecule has 0 saturated carbocycles. The third-order valence-electron chi connectivity index (χ3n) is 3.36. The van der Waals surface area contributed by atoms with Gasteiger partial charge in [-0.05, 0) is 36.2 Å². The third kappa shape index (κ3) is 4.86. The predicted octanol–water partition coefficient (Wildman–Crippen LogP) is 5.44. The molecule has 1 aromatic carbocycles. The molecule has 2 heterocycles. The Kier molecular flexibility index (Phi) is 8.27. The number of carbonyl (C=O) groups is 1. The minimum atomic E-state index is -0.338. The van der Waals surface area contributed by atoms with Gasteiger partial charge in [0.25, 0.3) is 0 Å². The first-order chi connectivity index (χ1) is 12.2. The maximum Gasteiger partial charge on any atom is 0.337 e. The first kappa shape index (κ1) is 20.3. The van der Waals surface area contributed by atoms with Crippen molar-refractivity contribution in [1.29, 1.82) is 0 Å². The number of pyridine rings is 2. The van der Waals surface area contributed by atoms with Gasteiger partial charge in [0, 0.05) is 23.3 Å². The van der Waals surface area contributed by atoms with Crippen molar-refractivity contribution in [3.8, 4) is 11.1 Å².